The molecule has 2 nitrogen and oxygen atoms in total. The van der Waals surface area contributed by atoms with Crippen molar-refractivity contribution in [3.05, 3.63) is 0 Å². The normalized spacial score (nSPS) is 12.7. The summed E-state index contributed by atoms with van der Waals surface area (Å²) in [4.78, 5) is 11.6. The Hall–Kier alpha value is -0.740. The number of hydrogen-bond donors (Lipinski definition) is 1. The van der Waals surface area contributed by atoms with E-state index in [-0.39, 0.29) is 0 Å². The molecule has 0 saturated carbocycles. The van der Waals surface area contributed by atoms with Crippen molar-refractivity contribution in [3.8, 4) is 0 Å². The second kappa shape index (κ2) is 10.9. The molecule has 0 unspecified atom stereocenters. The van der Waals surface area contributed by atoms with Gasteiger partial charge in [0.25, 0.3) is 0 Å². The molecule has 0 aromatic carbocycles. The molecule has 138 valence electrons. The first kappa shape index (κ1) is 22.3. The predicted octanol–water partition coefficient (Wildman–Crippen LogP) is 5.86. The lowest BCUT2D eigenvalue weighted by Gasteiger charge is -2.26. The van der Waals surface area contributed by atoms with Gasteiger partial charge in [-0.1, -0.05) is 65.2 Å². The van der Waals surface area contributed by atoms with E-state index < -0.39 is 17.5 Å². The smallest absolute Gasteiger partial charge is 0.355 e. The first-order valence-electron chi connectivity index (χ1n) is 8.94. The number of unbranched alkanes of at least 4 members (excludes halogenated alkanes) is 7. The minimum atomic E-state index is -4.51. The summed E-state index contributed by atoms with van der Waals surface area (Å²) in [6, 6.07) is 0. The van der Waals surface area contributed by atoms with E-state index in [9.17, 15) is 18.0 Å². The molecular weight excluding hydrogens is 303 g/mol. The largest absolute Gasteiger partial charge is 0.402 e. The molecule has 0 aliphatic carbocycles. The number of nitrogens with one attached hydrogen (secondary N) is 1. The molecule has 0 spiro atoms. The van der Waals surface area contributed by atoms with Gasteiger partial charge in [-0.15, -0.1) is 0 Å². The summed E-state index contributed by atoms with van der Waals surface area (Å²) in [6.07, 6.45) is 5.84. The maximum absolute atomic E-state index is 12.7. The lowest BCUT2D eigenvalue weighted by Crippen LogP contribution is -2.46. The highest BCUT2D eigenvalue weighted by Crippen LogP contribution is 2.37. The van der Waals surface area contributed by atoms with Crippen molar-refractivity contribution in [2.24, 2.45) is 11.3 Å². The number of halogens is 3. The predicted molar refractivity (Wildman–Crippen MR) is 89.2 cm³/mol. The molecule has 0 radical (unpaired) electrons. The molecule has 0 heterocycles. The highest BCUT2D eigenvalue weighted by atomic mass is 19.4. The van der Waals surface area contributed by atoms with Gasteiger partial charge in [-0.2, -0.15) is 13.2 Å². The van der Waals surface area contributed by atoms with E-state index in [1.54, 1.807) is 0 Å². The molecule has 0 bridgehead atoms. The number of rotatable bonds is 12. The zero-order chi connectivity index (χ0) is 17.9. The van der Waals surface area contributed by atoms with Crippen LogP contribution in [-0.4, -0.2) is 18.6 Å². The van der Waals surface area contributed by atoms with Crippen LogP contribution >= 0.6 is 0 Å². The third-order valence-corrected chi connectivity index (χ3v) is 4.27. The SMILES string of the molecule is CC(C)CCCCCCCCCCNC(=O)C(C)(C)C(F)(F)F. The highest BCUT2D eigenvalue weighted by molar-refractivity contribution is 5.82. The summed E-state index contributed by atoms with van der Waals surface area (Å²) < 4.78 is 38.0. The fourth-order valence-corrected chi connectivity index (χ4v) is 2.29. The van der Waals surface area contributed by atoms with Gasteiger partial charge in [-0.25, -0.2) is 0 Å². The summed E-state index contributed by atoms with van der Waals surface area (Å²) >= 11 is 0. The molecule has 5 heteroatoms. The second-order valence-electron chi connectivity index (χ2n) is 7.39. The Morgan fingerprint density at radius 3 is 1.74 bits per heavy atom. The summed E-state index contributed by atoms with van der Waals surface area (Å²) in [5, 5.41) is 2.40. The third-order valence-electron chi connectivity index (χ3n) is 4.27. The van der Waals surface area contributed by atoms with E-state index in [4.69, 9.17) is 0 Å². The van der Waals surface area contributed by atoms with Crippen molar-refractivity contribution >= 4 is 5.91 Å². The van der Waals surface area contributed by atoms with Crippen molar-refractivity contribution < 1.29 is 18.0 Å². The standard InChI is InChI=1S/C18H34F3NO/c1-15(2)13-11-9-7-5-6-8-10-12-14-22-16(23)17(3,4)18(19,20)21/h15H,5-14H2,1-4H3,(H,22,23). The Bertz CT molecular complexity index is 325. The molecular formula is C18H34F3NO. The van der Waals surface area contributed by atoms with Crippen LogP contribution in [0.1, 0.15) is 85.5 Å². The second-order valence-corrected chi connectivity index (χ2v) is 7.39. The molecule has 1 amide bonds. The molecule has 1 N–H and O–H groups in total. The zero-order valence-corrected chi connectivity index (χ0v) is 15.2. The molecule has 0 rings (SSSR count). The van der Waals surface area contributed by atoms with E-state index in [1.807, 2.05) is 0 Å². The fraction of sp³-hybridized carbons (Fsp3) is 0.944. The van der Waals surface area contributed by atoms with E-state index in [1.165, 1.54) is 38.5 Å². The summed E-state index contributed by atoms with van der Waals surface area (Å²) in [6.45, 7) is 6.65. The minimum absolute atomic E-state index is 0.326. The van der Waals surface area contributed by atoms with Crippen LogP contribution in [0.4, 0.5) is 13.2 Å². The van der Waals surface area contributed by atoms with Crippen LogP contribution in [0.3, 0.4) is 0 Å². The molecule has 0 aliphatic heterocycles. The van der Waals surface area contributed by atoms with Gasteiger partial charge in [0, 0.05) is 6.54 Å². The van der Waals surface area contributed by atoms with Crippen molar-refractivity contribution in [1.82, 2.24) is 5.32 Å². The number of carbonyl (C=O) groups is 1. The Morgan fingerprint density at radius 2 is 1.30 bits per heavy atom. The first-order chi connectivity index (χ1) is 10.6. The van der Waals surface area contributed by atoms with Gasteiger partial charge in [0.2, 0.25) is 5.91 Å². The lowest BCUT2D eigenvalue weighted by molar-refractivity contribution is -0.211. The van der Waals surface area contributed by atoms with Crippen molar-refractivity contribution in [2.75, 3.05) is 6.54 Å². The van der Waals surface area contributed by atoms with Crippen LogP contribution in [0, 0.1) is 11.3 Å². The summed E-state index contributed by atoms with van der Waals surface area (Å²) in [5.74, 6) is -0.150. The van der Waals surface area contributed by atoms with Crippen LogP contribution in [-0.2, 0) is 4.79 Å². The molecule has 0 aromatic rings. The Kier molecular flexibility index (Phi) is 10.6. The van der Waals surface area contributed by atoms with Crippen molar-refractivity contribution in [3.63, 3.8) is 0 Å². The van der Waals surface area contributed by atoms with Gasteiger partial charge in [-0.05, 0) is 26.2 Å². The van der Waals surface area contributed by atoms with E-state index >= 15 is 0 Å². The zero-order valence-electron chi connectivity index (χ0n) is 15.2. The molecule has 23 heavy (non-hydrogen) atoms. The van der Waals surface area contributed by atoms with Crippen molar-refractivity contribution in [1.29, 1.82) is 0 Å². The molecule has 0 aromatic heterocycles. The number of carbonyl (C=O) groups excluding carboxylic acids is 1. The van der Waals surface area contributed by atoms with Crippen LogP contribution in [0.5, 0.6) is 0 Å². The van der Waals surface area contributed by atoms with Gasteiger partial charge in [0.05, 0.1) is 0 Å². The minimum Gasteiger partial charge on any atom is -0.355 e. The summed E-state index contributed by atoms with van der Waals surface area (Å²) in [5.41, 5.74) is -2.32. The molecule has 0 saturated heterocycles. The quantitative estimate of drug-likeness (QED) is 0.444. The number of alkyl halides is 3. The van der Waals surface area contributed by atoms with Gasteiger partial charge < -0.3 is 5.32 Å². The van der Waals surface area contributed by atoms with Crippen LogP contribution in [0.25, 0.3) is 0 Å². The Morgan fingerprint density at radius 1 is 0.870 bits per heavy atom. The third kappa shape index (κ3) is 9.87. The van der Waals surface area contributed by atoms with Crippen molar-refractivity contribution in [2.45, 2.75) is 91.7 Å². The van der Waals surface area contributed by atoms with Gasteiger partial charge in [0.15, 0.2) is 0 Å². The molecule has 0 atom stereocenters. The van der Waals surface area contributed by atoms with Gasteiger partial charge in [0.1, 0.15) is 5.41 Å². The summed E-state index contributed by atoms with van der Waals surface area (Å²) in [7, 11) is 0. The van der Waals surface area contributed by atoms with E-state index in [0.717, 1.165) is 39.0 Å². The molecule has 0 aliphatic rings. The van der Waals surface area contributed by atoms with Crippen LogP contribution < -0.4 is 5.32 Å². The Labute approximate surface area is 139 Å². The van der Waals surface area contributed by atoms with Crippen LogP contribution in [0.2, 0.25) is 0 Å². The monoisotopic (exact) mass is 337 g/mol. The van der Waals surface area contributed by atoms with E-state index in [0.29, 0.717) is 6.54 Å². The number of hydrogen-bond acceptors (Lipinski definition) is 1. The van der Waals surface area contributed by atoms with Gasteiger partial charge >= 0.3 is 6.18 Å². The Balaban J connectivity index is 3.52. The van der Waals surface area contributed by atoms with Gasteiger partial charge in [-0.3, -0.25) is 4.79 Å². The maximum atomic E-state index is 12.7. The fourth-order valence-electron chi connectivity index (χ4n) is 2.29. The number of amides is 1. The average Bonchev–Trinajstić information content (AvgIpc) is 2.42. The maximum Gasteiger partial charge on any atom is 0.402 e. The lowest BCUT2D eigenvalue weighted by atomic mass is 9.91. The average molecular weight is 337 g/mol. The first-order valence-corrected chi connectivity index (χ1v) is 8.94. The topological polar surface area (TPSA) is 29.1 Å². The van der Waals surface area contributed by atoms with E-state index in [2.05, 4.69) is 19.2 Å². The highest BCUT2D eigenvalue weighted by Gasteiger charge is 2.52. The van der Waals surface area contributed by atoms with Crippen LogP contribution in [0.15, 0.2) is 0 Å². The molecule has 0 fully saturated rings.